The number of esters is 1. The molecule has 0 radical (unpaired) electrons. The van der Waals surface area contributed by atoms with Crippen molar-refractivity contribution in [2.45, 2.75) is 38.6 Å². The van der Waals surface area contributed by atoms with Gasteiger partial charge in [0.05, 0.1) is 12.9 Å². The molecule has 0 spiro atoms. The van der Waals surface area contributed by atoms with Crippen LogP contribution in [0.25, 0.3) is 11.1 Å². The van der Waals surface area contributed by atoms with Crippen molar-refractivity contribution < 1.29 is 19.1 Å². The number of hydrogen-bond donors (Lipinski definition) is 1. The lowest BCUT2D eigenvalue weighted by Crippen LogP contribution is -2.17. The van der Waals surface area contributed by atoms with E-state index in [2.05, 4.69) is 22.1 Å². The van der Waals surface area contributed by atoms with Gasteiger partial charge in [0.2, 0.25) is 5.91 Å². The number of methoxy groups -OCH3 is 1. The molecule has 1 atom stereocenters. The smallest absolute Gasteiger partial charge is 0.341 e. The molecule has 0 aliphatic carbocycles. The molecule has 2 heterocycles. The fourth-order valence-electron chi connectivity index (χ4n) is 3.87. The first-order valence-corrected chi connectivity index (χ1v) is 14.1. The van der Waals surface area contributed by atoms with E-state index in [0.717, 1.165) is 22.4 Å². The number of hydrogen-bond acceptors (Lipinski definition) is 8. The summed E-state index contributed by atoms with van der Waals surface area (Å²) in [5.41, 5.74) is 4.19. The van der Waals surface area contributed by atoms with Gasteiger partial charge < -0.3 is 14.8 Å². The molecular weight excluding hydrogens is 532 g/mol. The normalized spacial score (nSPS) is 11.6. The Labute approximate surface area is 236 Å². The minimum atomic E-state index is -0.507. The van der Waals surface area contributed by atoms with Crippen LogP contribution in [0.5, 0.6) is 5.75 Å². The number of allylic oxidation sites excluding steroid dienone is 1. The summed E-state index contributed by atoms with van der Waals surface area (Å²) in [6.45, 7) is 10.2. The molecule has 4 aromatic rings. The van der Waals surface area contributed by atoms with Crippen molar-refractivity contribution in [2.24, 2.45) is 0 Å². The molecule has 4 rings (SSSR count). The molecule has 2 aromatic carbocycles. The van der Waals surface area contributed by atoms with Crippen molar-refractivity contribution in [1.82, 2.24) is 14.8 Å². The Kier molecular flexibility index (Phi) is 9.21. The van der Waals surface area contributed by atoms with Gasteiger partial charge in [-0.05, 0) is 38.5 Å². The van der Waals surface area contributed by atoms with Gasteiger partial charge in [-0.2, -0.15) is 0 Å². The van der Waals surface area contributed by atoms with Crippen LogP contribution in [-0.2, 0) is 16.1 Å². The Hall–Kier alpha value is -3.89. The fraction of sp³-hybridized carbons (Fsp3) is 0.241. The lowest BCUT2D eigenvalue weighted by molar-refractivity contribution is -0.113. The van der Waals surface area contributed by atoms with Crippen LogP contribution in [-0.4, -0.2) is 39.5 Å². The van der Waals surface area contributed by atoms with Crippen LogP contribution in [0, 0.1) is 13.8 Å². The van der Waals surface area contributed by atoms with Crippen LogP contribution in [0.3, 0.4) is 0 Å². The summed E-state index contributed by atoms with van der Waals surface area (Å²) < 4.78 is 13.0. The zero-order valence-corrected chi connectivity index (χ0v) is 23.9. The van der Waals surface area contributed by atoms with Crippen LogP contribution in [0.1, 0.15) is 40.3 Å². The summed E-state index contributed by atoms with van der Waals surface area (Å²) in [5, 5.41) is 14.4. The van der Waals surface area contributed by atoms with Gasteiger partial charge in [0.15, 0.2) is 17.1 Å². The average Bonchev–Trinajstić information content (AvgIpc) is 3.53. The Morgan fingerprint density at radius 1 is 1.10 bits per heavy atom. The van der Waals surface area contributed by atoms with Gasteiger partial charge in [0.1, 0.15) is 16.3 Å². The quantitative estimate of drug-likeness (QED) is 0.127. The molecule has 0 aliphatic heterocycles. The van der Waals surface area contributed by atoms with E-state index < -0.39 is 5.97 Å². The molecule has 10 heteroatoms. The summed E-state index contributed by atoms with van der Waals surface area (Å²) in [5.74, 6) is 0.652. The minimum Gasteiger partial charge on any atom is -0.483 e. The van der Waals surface area contributed by atoms with Crippen molar-refractivity contribution in [3.8, 4) is 16.9 Å². The third-order valence-corrected chi connectivity index (χ3v) is 7.75. The number of aromatic nitrogens is 3. The number of anilines is 1. The number of thiophene rings is 1. The van der Waals surface area contributed by atoms with Crippen molar-refractivity contribution in [3.05, 3.63) is 89.1 Å². The zero-order valence-electron chi connectivity index (χ0n) is 22.3. The summed E-state index contributed by atoms with van der Waals surface area (Å²) >= 11 is 2.53. The van der Waals surface area contributed by atoms with E-state index in [1.165, 1.54) is 30.2 Å². The monoisotopic (exact) mass is 562 g/mol. The number of aryl methyl sites for hydroxylation is 2. The fourth-order valence-corrected chi connectivity index (χ4v) is 5.60. The van der Waals surface area contributed by atoms with Crippen molar-refractivity contribution >= 4 is 40.0 Å². The molecule has 2 aromatic heterocycles. The van der Waals surface area contributed by atoms with E-state index in [1.54, 1.807) is 6.08 Å². The van der Waals surface area contributed by atoms with Crippen molar-refractivity contribution in [2.75, 3.05) is 18.2 Å². The zero-order chi connectivity index (χ0) is 27.9. The van der Waals surface area contributed by atoms with Gasteiger partial charge in [-0.3, -0.25) is 9.36 Å². The van der Waals surface area contributed by atoms with E-state index in [1.807, 2.05) is 79.2 Å². The number of benzene rings is 2. The van der Waals surface area contributed by atoms with Crippen LogP contribution >= 0.6 is 23.1 Å². The van der Waals surface area contributed by atoms with Crippen molar-refractivity contribution in [3.63, 3.8) is 0 Å². The summed E-state index contributed by atoms with van der Waals surface area (Å²) in [4.78, 5) is 25.6. The molecule has 8 nitrogen and oxygen atoms in total. The molecular formula is C29H30N4O4S2. The maximum Gasteiger partial charge on any atom is 0.341 e. The number of thioether (sulfide) groups is 1. The highest BCUT2D eigenvalue weighted by Crippen LogP contribution is 2.36. The predicted molar refractivity (Wildman–Crippen MR) is 156 cm³/mol. The molecule has 39 heavy (non-hydrogen) atoms. The van der Waals surface area contributed by atoms with Crippen LogP contribution in [0.2, 0.25) is 0 Å². The second-order valence-corrected chi connectivity index (χ2v) is 10.7. The maximum atomic E-state index is 12.9. The predicted octanol–water partition coefficient (Wildman–Crippen LogP) is 6.47. The Morgan fingerprint density at radius 3 is 2.41 bits per heavy atom. The van der Waals surface area contributed by atoms with Crippen molar-refractivity contribution in [1.29, 1.82) is 0 Å². The summed E-state index contributed by atoms with van der Waals surface area (Å²) in [6, 6.07) is 15.6. The number of nitrogens with one attached hydrogen (secondary N) is 1. The number of nitrogens with zero attached hydrogens (tertiary/aromatic N) is 3. The van der Waals surface area contributed by atoms with Crippen LogP contribution in [0.15, 0.2) is 71.7 Å². The molecule has 0 fully saturated rings. The Balaban J connectivity index is 1.47. The molecule has 0 bridgehead atoms. The molecule has 1 N–H and O–H groups in total. The first-order chi connectivity index (χ1) is 18.8. The van der Waals surface area contributed by atoms with Crippen LogP contribution < -0.4 is 10.1 Å². The lowest BCUT2D eigenvalue weighted by Gasteiger charge is -2.16. The summed E-state index contributed by atoms with van der Waals surface area (Å²) in [6.07, 6.45) is 1.38. The number of rotatable bonds is 11. The third kappa shape index (κ3) is 6.76. The maximum absolute atomic E-state index is 12.9. The number of ether oxygens (including phenoxy) is 2. The topological polar surface area (TPSA) is 95.3 Å². The highest BCUT2D eigenvalue weighted by Gasteiger charge is 2.23. The van der Waals surface area contributed by atoms with Gasteiger partial charge in [0.25, 0.3) is 0 Å². The number of carbonyl (C=O) groups is 2. The SMILES string of the molecule is C=CCn1c(SCC(=O)Nc2scc(-c3ccc(C)cc3)c2C(=O)OC)nnc1C(C)Oc1ccc(C)cc1. The highest BCUT2D eigenvalue weighted by molar-refractivity contribution is 7.99. The van der Waals surface area contributed by atoms with Gasteiger partial charge >= 0.3 is 5.97 Å². The van der Waals surface area contributed by atoms with E-state index in [0.29, 0.717) is 33.7 Å². The largest absolute Gasteiger partial charge is 0.483 e. The lowest BCUT2D eigenvalue weighted by atomic mass is 10.0. The minimum absolute atomic E-state index is 0.0703. The number of amides is 1. The summed E-state index contributed by atoms with van der Waals surface area (Å²) in [7, 11) is 1.33. The van der Waals surface area contributed by atoms with Gasteiger partial charge in [-0.1, -0.05) is 65.4 Å². The first kappa shape index (κ1) is 28.1. The molecule has 0 saturated heterocycles. The second kappa shape index (κ2) is 12.8. The highest BCUT2D eigenvalue weighted by atomic mass is 32.2. The Morgan fingerprint density at radius 2 is 1.77 bits per heavy atom. The second-order valence-electron chi connectivity index (χ2n) is 8.86. The standard InChI is InChI=1S/C29H30N4O4S2/c1-6-15-33-26(20(4)37-22-13-9-19(3)10-14-22)31-32-29(33)39-17-24(34)30-27-25(28(35)36-5)23(16-38-27)21-11-7-18(2)8-12-21/h6-14,16,20H,1,15,17H2,2-5H3,(H,30,34). The van der Waals surface area contributed by atoms with Gasteiger partial charge in [0, 0.05) is 17.5 Å². The molecule has 1 unspecified atom stereocenters. The first-order valence-electron chi connectivity index (χ1n) is 12.3. The van der Waals surface area contributed by atoms with Gasteiger partial charge in [-0.25, -0.2) is 4.79 Å². The molecule has 202 valence electrons. The number of carbonyl (C=O) groups excluding carboxylic acids is 2. The van der Waals surface area contributed by atoms with Crippen LogP contribution in [0.4, 0.5) is 5.00 Å². The third-order valence-electron chi connectivity index (χ3n) is 5.88. The molecule has 0 saturated carbocycles. The average molecular weight is 563 g/mol. The molecule has 0 aliphatic rings. The van der Waals surface area contributed by atoms with E-state index >= 15 is 0 Å². The van der Waals surface area contributed by atoms with E-state index in [-0.39, 0.29) is 17.8 Å². The molecule has 1 amide bonds. The van der Waals surface area contributed by atoms with E-state index in [9.17, 15) is 9.59 Å². The Bertz CT molecular complexity index is 1460. The van der Waals surface area contributed by atoms with Gasteiger partial charge in [-0.15, -0.1) is 28.1 Å². The van der Waals surface area contributed by atoms with E-state index in [4.69, 9.17) is 9.47 Å².